The van der Waals surface area contributed by atoms with Crippen LogP contribution in [0.3, 0.4) is 0 Å². The van der Waals surface area contributed by atoms with E-state index in [-0.39, 0.29) is 5.04 Å². The summed E-state index contributed by atoms with van der Waals surface area (Å²) in [7, 11) is 4.13. The molecule has 0 bridgehead atoms. The summed E-state index contributed by atoms with van der Waals surface area (Å²) in [5.74, 6) is 0. The van der Waals surface area contributed by atoms with Gasteiger partial charge in [0.2, 0.25) is 0 Å². The molecule has 0 spiro atoms. The van der Waals surface area contributed by atoms with E-state index in [9.17, 15) is 0 Å². The molecule has 0 atom stereocenters. The van der Waals surface area contributed by atoms with E-state index < -0.39 is 0 Å². The lowest BCUT2D eigenvalue weighted by atomic mass is 9.82. The molecule has 21 heavy (non-hydrogen) atoms. The van der Waals surface area contributed by atoms with Gasteiger partial charge in [0.25, 0.3) is 0 Å². The van der Waals surface area contributed by atoms with Crippen molar-refractivity contribution in [2.45, 2.75) is 12.0 Å². The monoisotopic (exact) mass is 285 g/mol. The largest absolute Gasteiger partial charge is 0.0622 e. The highest BCUT2D eigenvalue weighted by Crippen LogP contribution is 2.37. The van der Waals surface area contributed by atoms with Crippen LogP contribution in [0.15, 0.2) is 84.9 Å². The van der Waals surface area contributed by atoms with Crippen LogP contribution >= 0.6 is 0 Å². The molecular weight excluding hydrogens is 268 g/mol. The number of rotatable bonds is 3. The smallest absolute Gasteiger partial charge is 0.0510 e. The van der Waals surface area contributed by atoms with Crippen LogP contribution in [0.2, 0.25) is 0 Å². The first-order valence-electron chi connectivity index (χ1n) is 7.15. The predicted octanol–water partition coefficient (Wildman–Crippen LogP) is 4.46. The van der Waals surface area contributed by atoms with Crippen molar-refractivity contribution < 1.29 is 0 Å². The highest BCUT2D eigenvalue weighted by Gasteiger charge is 2.31. The van der Waals surface area contributed by atoms with Gasteiger partial charge in [0, 0.05) is 5.04 Å². The second-order valence-corrected chi connectivity index (χ2v) is 6.05. The zero-order valence-corrected chi connectivity index (χ0v) is 13.1. The Morgan fingerprint density at radius 2 is 1.05 bits per heavy atom. The topological polar surface area (TPSA) is 0 Å². The molecule has 0 aliphatic rings. The first-order chi connectivity index (χ1) is 10.2. The van der Waals surface area contributed by atoms with Crippen LogP contribution in [0.4, 0.5) is 0 Å². The number of aryl methyl sites for hydroxylation is 1. The third kappa shape index (κ3) is 2.45. The maximum atomic E-state index is 4.13. The molecule has 0 aliphatic carbocycles. The zero-order chi connectivity index (χ0) is 14.7. The minimum Gasteiger partial charge on any atom is -0.0622 e. The minimum absolute atomic E-state index is 0.326. The molecule has 101 valence electrons. The van der Waals surface area contributed by atoms with E-state index in [2.05, 4.69) is 102 Å². The molecule has 3 aromatic carbocycles. The maximum Gasteiger partial charge on any atom is 0.0510 e. The van der Waals surface area contributed by atoms with Crippen LogP contribution in [-0.2, 0) is 5.04 Å². The number of hydrogen-bond acceptors (Lipinski definition) is 0. The van der Waals surface area contributed by atoms with E-state index in [1.54, 1.807) is 0 Å². The van der Waals surface area contributed by atoms with Crippen LogP contribution in [0.1, 0.15) is 22.3 Å². The van der Waals surface area contributed by atoms with Crippen LogP contribution in [0.5, 0.6) is 0 Å². The number of hydrogen-bond donors (Lipinski definition) is 0. The first-order valence-corrected chi connectivity index (χ1v) is 7.65. The molecule has 0 fully saturated rings. The lowest BCUT2D eigenvalue weighted by Crippen LogP contribution is -2.30. The molecular formula is C20H17Si. The lowest BCUT2D eigenvalue weighted by molar-refractivity contribution is 0.867. The average molecular weight is 285 g/mol. The van der Waals surface area contributed by atoms with Gasteiger partial charge in [-0.05, 0) is 29.2 Å². The maximum absolute atomic E-state index is 4.13. The van der Waals surface area contributed by atoms with Crippen molar-refractivity contribution in [3.63, 3.8) is 0 Å². The van der Waals surface area contributed by atoms with Gasteiger partial charge in [0.15, 0.2) is 0 Å². The fourth-order valence-electron chi connectivity index (χ4n) is 2.85. The average Bonchev–Trinajstić information content (AvgIpc) is 2.56. The SMILES string of the molecule is Cc1ccccc1C([Si])(c1ccccc1)c1ccccc1. The quantitative estimate of drug-likeness (QED) is 0.492. The summed E-state index contributed by atoms with van der Waals surface area (Å²) in [6.45, 7) is 2.16. The van der Waals surface area contributed by atoms with Crippen molar-refractivity contribution in [1.82, 2.24) is 0 Å². The molecule has 0 saturated heterocycles. The van der Waals surface area contributed by atoms with Crippen molar-refractivity contribution in [1.29, 1.82) is 0 Å². The van der Waals surface area contributed by atoms with Gasteiger partial charge in [-0.25, -0.2) is 0 Å². The summed E-state index contributed by atoms with van der Waals surface area (Å²) in [4.78, 5) is 0. The van der Waals surface area contributed by atoms with Gasteiger partial charge in [-0.3, -0.25) is 0 Å². The van der Waals surface area contributed by atoms with Crippen LogP contribution < -0.4 is 0 Å². The fraction of sp³-hybridized carbons (Fsp3) is 0.100. The molecule has 0 unspecified atom stereocenters. The van der Waals surface area contributed by atoms with Gasteiger partial charge in [-0.1, -0.05) is 84.9 Å². The van der Waals surface area contributed by atoms with E-state index in [1.165, 1.54) is 22.3 Å². The van der Waals surface area contributed by atoms with Crippen LogP contribution in [0.25, 0.3) is 0 Å². The summed E-state index contributed by atoms with van der Waals surface area (Å²) in [5.41, 5.74) is 5.03. The first kappa shape index (κ1) is 13.8. The Kier molecular flexibility index (Phi) is 3.76. The van der Waals surface area contributed by atoms with Gasteiger partial charge >= 0.3 is 0 Å². The van der Waals surface area contributed by atoms with E-state index in [0.29, 0.717) is 0 Å². The van der Waals surface area contributed by atoms with Crippen molar-refractivity contribution in [2.75, 3.05) is 0 Å². The summed E-state index contributed by atoms with van der Waals surface area (Å²) < 4.78 is 0. The Morgan fingerprint density at radius 3 is 1.52 bits per heavy atom. The molecule has 3 aromatic rings. The van der Waals surface area contributed by atoms with E-state index in [1.807, 2.05) is 0 Å². The van der Waals surface area contributed by atoms with E-state index in [0.717, 1.165) is 0 Å². The number of benzene rings is 3. The molecule has 0 nitrogen and oxygen atoms in total. The second-order valence-electron chi connectivity index (χ2n) is 5.30. The molecule has 0 aliphatic heterocycles. The highest BCUT2D eigenvalue weighted by atomic mass is 28.1. The Bertz CT molecular complexity index is 678. The van der Waals surface area contributed by atoms with Gasteiger partial charge in [-0.15, -0.1) is 0 Å². The van der Waals surface area contributed by atoms with Gasteiger partial charge < -0.3 is 0 Å². The lowest BCUT2D eigenvalue weighted by Gasteiger charge is -2.33. The molecule has 0 aromatic heterocycles. The standard InChI is InChI=1S/C20H17Si/c1-16-10-8-9-15-19(16)20(21,17-11-4-2-5-12-17)18-13-6-3-7-14-18/h2-15H,1H3. The van der Waals surface area contributed by atoms with E-state index in [4.69, 9.17) is 0 Å². The Morgan fingerprint density at radius 1 is 0.619 bits per heavy atom. The Balaban J connectivity index is 2.29. The Hall–Kier alpha value is -2.12. The summed E-state index contributed by atoms with van der Waals surface area (Å²) in [5, 5.41) is -0.326. The molecule has 0 N–H and O–H groups in total. The second kappa shape index (κ2) is 5.70. The molecule has 1 heteroatoms. The van der Waals surface area contributed by atoms with Gasteiger partial charge in [0.05, 0.1) is 10.2 Å². The predicted molar refractivity (Wildman–Crippen MR) is 89.7 cm³/mol. The third-order valence-corrected chi connectivity index (χ3v) is 4.81. The van der Waals surface area contributed by atoms with E-state index >= 15 is 0 Å². The minimum atomic E-state index is -0.326. The van der Waals surface area contributed by atoms with Crippen molar-refractivity contribution in [2.24, 2.45) is 0 Å². The molecule has 3 radical (unpaired) electrons. The van der Waals surface area contributed by atoms with Gasteiger partial charge in [0.1, 0.15) is 0 Å². The normalized spacial score (nSPS) is 11.3. The molecule has 0 saturated carbocycles. The van der Waals surface area contributed by atoms with Gasteiger partial charge in [-0.2, -0.15) is 0 Å². The molecule has 3 rings (SSSR count). The fourth-order valence-corrected chi connectivity index (χ4v) is 3.46. The zero-order valence-electron chi connectivity index (χ0n) is 12.1. The summed E-state index contributed by atoms with van der Waals surface area (Å²) in [6, 6.07) is 29.7. The summed E-state index contributed by atoms with van der Waals surface area (Å²) in [6.07, 6.45) is 0. The highest BCUT2D eigenvalue weighted by molar-refractivity contribution is 6.20. The summed E-state index contributed by atoms with van der Waals surface area (Å²) >= 11 is 0. The van der Waals surface area contributed by atoms with Crippen molar-refractivity contribution in [3.05, 3.63) is 107 Å². The van der Waals surface area contributed by atoms with Crippen molar-refractivity contribution in [3.8, 4) is 0 Å². The third-order valence-electron chi connectivity index (χ3n) is 3.96. The Labute approximate surface area is 129 Å². The van der Waals surface area contributed by atoms with Crippen LogP contribution in [0, 0.1) is 6.92 Å². The molecule has 0 heterocycles. The molecule has 0 amide bonds. The van der Waals surface area contributed by atoms with Crippen molar-refractivity contribution >= 4 is 10.2 Å². The van der Waals surface area contributed by atoms with Crippen LogP contribution in [-0.4, -0.2) is 10.2 Å².